The molecule has 2 aromatic carbocycles. The van der Waals surface area contributed by atoms with Crippen molar-refractivity contribution in [2.24, 2.45) is 0 Å². The standard InChI is InChI=1S/C23H26N4O.ClH/c1-16(2)18-5-3-17(4-6-18)14-27-15-22(13-25-27)26-23(28)20-7-8-21-12-24-10-9-19(21)11-20;/h3-8,11,13,15-16,24H,9-10,12,14H2,1-2H3,(H,26,28);1H. The van der Waals surface area contributed by atoms with Crippen molar-refractivity contribution in [2.75, 3.05) is 11.9 Å². The minimum atomic E-state index is -0.0952. The normalized spacial score (nSPS) is 12.9. The number of anilines is 1. The molecular formula is C23H27ClN4O. The van der Waals surface area contributed by atoms with E-state index in [9.17, 15) is 4.79 Å². The second-order valence-corrected chi connectivity index (χ2v) is 7.69. The smallest absolute Gasteiger partial charge is 0.255 e. The van der Waals surface area contributed by atoms with Crippen molar-refractivity contribution < 1.29 is 4.79 Å². The van der Waals surface area contributed by atoms with Crippen molar-refractivity contribution in [3.8, 4) is 0 Å². The Labute approximate surface area is 177 Å². The van der Waals surface area contributed by atoms with Gasteiger partial charge in [-0.05, 0) is 53.3 Å². The average Bonchev–Trinajstić information content (AvgIpc) is 3.14. The Morgan fingerprint density at radius 3 is 2.72 bits per heavy atom. The lowest BCUT2D eigenvalue weighted by atomic mass is 9.98. The summed E-state index contributed by atoms with van der Waals surface area (Å²) in [6.07, 6.45) is 4.53. The van der Waals surface area contributed by atoms with Gasteiger partial charge in [0.15, 0.2) is 0 Å². The van der Waals surface area contributed by atoms with Gasteiger partial charge in [0.2, 0.25) is 0 Å². The van der Waals surface area contributed by atoms with Crippen LogP contribution < -0.4 is 10.6 Å². The van der Waals surface area contributed by atoms with E-state index >= 15 is 0 Å². The van der Waals surface area contributed by atoms with E-state index in [1.54, 1.807) is 6.20 Å². The van der Waals surface area contributed by atoms with Crippen molar-refractivity contribution in [3.05, 3.63) is 82.7 Å². The zero-order valence-corrected chi connectivity index (χ0v) is 17.6. The van der Waals surface area contributed by atoms with Crippen molar-refractivity contribution in [2.45, 2.75) is 39.3 Å². The molecule has 0 fully saturated rings. The number of nitrogens with one attached hydrogen (secondary N) is 2. The Balaban J connectivity index is 0.00000240. The Kier molecular flexibility index (Phi) is 6.72. The molecule has 0 aliphatic carbocycles. The highest BCUT2D eigenvalue weighted by atomic mass is 35.5. The molecule has 152 valence electrons. The van der Waals surface area contributed by atoms with Crippen LogP contribution in [0.15, 0.2) is 54.9 Å². The van der Waals surface area contributed by atoms with Gasteiger partial charge in [-0.25, -0.2) is 0 Å². The number of hydrogen-bond donors (Lipinski definition) is 2. The minimum Gasteiger partial charge on any atom is -0.319 e. The summed E-state index contributed by atoms with van der Waals surface area (Å²) in [5, 5.41) is 10.7. The number of benzene rings is 2. The zero-order valence-electron chi connectivity index (χ0n) is 16.8. The first-order valence-corrected chi connectivity index (χ1v) is 9.83. The number of hydrogen-bond acceptors (Lipinski definition) is 3. The molecule has 0 saturated carbocycles. The predicted molar refractivity (Wildman–Crippen MR) is 119 cm³/mol. The number of halogens is 1. The van der Waals surface area contributed by atoms with Gasteiger partial charge in [0, 0.05) is 18.3 Å². The number of rotatable bonds is 5. The Hall–Kier alpha value is -2.63. The number of fused-ring (bicyclic) bond motifs is 1. The van der Waals surface area contributed by atoms with Crippen LogP contribution in [0.1, 0.15) is 52.4 Å². The van der Waals surface area contributed by atoms with E-state index in [-0.39, 0.29) is 18.3 Å². The third kappa shape index (κ3) is 5.05. The van der Waals surface area contributed by atoms with Crippen LogP contribution in [0.5, 0.6) is 0 Å². The Morgan fingerprint density at radius 2 is 1.97 bits per heavy atom. The first-order chi connectivity index (χ1) is 13.6. The summed E-state index contributed by atoms with van der Waals surface area (Å²) in [4.78, 5) is 12.6. The highest BCUT2D eigenvalue weighted by Gasteiger charge is 2.13. The van der Waals surface area contributed by atoms with E-state index in [0.717, 1.165) is 19.5 Å². The molecule has 0 spiro atoms. The molecule has 6 heteroatoms. The van der Waals surface area contributed by atoms with Crippen molar-refractivity contribution in [3.63, 3.8) is 0 Å². The summed E-state index contributed by atoms with van der Waals surface area (Å²) in [6, 6.07) is 14.5. The zero-order chi connectivity index (χ0) is 19.5. The van der Waals surface area contributed by atoms with Crippen molar-refractivity contribution in [1.29, 1.82) is 0 Å². The quantitative estimate of drug-likeness (QED) is 0.656. The molecule has 0 radical (unpaired) electrons. The first-order valence-electron chi connectivity index (χ1n) is 9.83. The van der Waals surface area contributed by atoms with Crippen LogP contribution in [0.2, 0.25) is 0 Å². The fraction of sp³-hybridized carbons (Fsp3) is 0.304. The highest BCUT2D eigenvalue weighted by Crippen LogP contribution is 2.18. The Morgan fingerprint density at radius 1 is 1.17 bits per heavy atom. The van der Waals surface area contributed by atoms with E-state index in [1.807, 2.05) is 29.1 Å². The van der Waals surface area contributed by atoms with Crippen LogP contribution in [0.25, 0.3) is 0 Å². The molecule has 29 heavy (non-hydrogen) atoms. The van der Waals surface area contributed by atoms with Gasteiger partial charge >= 0.3 is 0 Å². The summed E-state index contributed by atoms with van der Waals surface area (Å²) in [7, 11) is 0. The monoisotopic (exact) mass is 410 g/mol. The molecule has 4 rings (SSSR count). The van der Waals surface area contributed by atoms with Gasteiger partial charge in [-0.1, -0.05) is 44.2 Å². The lowest BCUT2D eigenvalue weighted by Gasteiger charge is -2.17. The Bertz CT molecular complexity index is 979. The van der Waals surface area contributed by atoms with Gasteiger partial charge < -0.3 is 10.6 Å². The van der Waals surface area contributed by atoms with Crippen molar-refractivity contribution >= 4 is 24.0 Å². The molecule has 1 aromatic heterocycles. The van der Waals surface area contributed by atoms with Crippen LogP contribution in [-0.2, 0) is 19.5 Å². The maximum absolute atomic E-state index is 12.6. The number of aromatic nitrogens is 2. The average molecular weight is 411 g/mol. The molecule has 0 unspecified atom stereocenters. The number of nitrogens with zero attached hydrogens (tertiary/aromatic N) is 2. The summed E-state index contributed by atoms with van der Waals surface area (Å²) >= 11 is 0. The fourth-order valence-corrected chi connectivity index (χ4v) is 3.53. The van der Waals surface area contributed by atoms with E-state index in [1.165, 1.54) is 22.3 Å². The van der Waals surface area contributed by atoms with Gasteiger partial charge in [-0.15, -0.1) is 12.4 Å². The van der Waals surface area contributed by atoms with Crippen LogP contribution >= 0.6 is 12.4 Å². The third-order valence-electron chi connectivity index (χ3n) is 5.24. The molecule has 2 N–H and O–H groups in total. The number of carbonyl (C=O) groups excluding carboxylic acids is 1. The predicted octanol–water partition coefficient (Wildman–Crippen LogP) is 4.37. The number of amides is 1. The highest BCUT2D eigenvalue weighted by molar-refractivity contribution is 6.04. The van der Waals surface area contributed by atoms with Crippen LogP contribution in [0.4, 0.5) is 5.69 Å². The third-order valence-corrected chi connectivity index (χ3v) is 5.24. The largest absolute Gasteiger partial charge is 0.319 e. The second-order valence-electron chi connectivity index (χ2n) is 7.69. The van der Waals surface area contributed by atoms with E-state index in [4.69, 9.17) is 0 Å². The molecule has 1 aliphatic rings. The lowest BCUT2D eigenvalue weighted by molar-refractivity contribution is 0.102. The summed E-state index contributed by atoms with van der Waals surface area (Å²) in [5.41, 5.74) is 6.46. The number of carbonyl (C=O) groups is 1. The fourth-order valence-electron chi connectivity index (χ4n) is 3.53. The molecular weight excluding hydrogens is 384 g/mol. The van der Waals surface area contributed by atoms with E-state index in [0.29, 0.717) is 23.7 Å². The molecule has 0 saturated heterocycles. The van der Waals surface area contributed by atoms with Gasteiger partial charge in [-0.3, -0.25) is 9.48 Å². The van der Waals surface area contributed by atoms with Gasteiger partial charge in [-0.2, -0.15) is 5.10 Å². The molecule has 1 aliphatic heterocycles. The van der Waals surface area contributed by atoms with Crippen LogP contribution in [0.3, 0.4) is 0 Å². The molecule has 1 amide bonds. The first kappa shape index (κ1) is 21.1. The summed E-state index contributed by atoms with van der Waals surface area (Å²) in [6.45, 7) is 6.90. The molecule has 3 aromatic rings. The second kappa shape index (κ2) is 9.25. The molecule has 2 heterocycles. The molecule has 0 bridgehead atoms. The summed E-state index contributed by atoms with van der Waals surface area (Å²) in [5.74, 6) is 0.433. The molecule has 5 nitrogen and oxygen atoms in total. The maximum Gasteiger partial charge on any atom is 0.255 e. The van der Waals surface area contributed by atoms with Crippen LogP contribution in [-0.4, -0.2) is 22.2 Å². The van der Waals surface area contributed by atoms with E-state index < -0.39 is 0 Å². The minimum absolute atomic E-state index is 0. The van der Waals surface area contributed by atoms with Gasteiger partial charge in [0.05, 0.1) is 18.4 Å². The van der Waals surface area contributed by atoms with Crippen LogP contribution in [0, 0.1) is 0 Å². The van der Waals surface area contributed by atoms with Gasteiger partial charge in [0.1, 0.15) is 0 Å². The van der Waals surface area contributed by atoms with Gasteiger partial charge in [0.25, 0.3) is 5.91 Å². The maximum atomic E-state index is 12.6. The SMILES string of the molecule is CC(C)c1ccc(Cn2cc(NC(=O)c3ccc4c(c3)CCNC4)cn2)cc1.Cl. The topological polar surface area (TPSA) is 59.0 Å². The lowest BCUT2D eigenvalue weighted by Crippen LogP contribution is -2.24. The van der Waals surface area contributed by atoms with Crippen molar-refractivity contribution in [1.82, 2.24) is 15.1 Å². The molecule has 0 atom stereocenters. The summed E-state index contributed by atoms with van der Waals surface area (Å²) < 4.78 is 1.85. The van der Waals surface area contributed by atoms with E-state index in [2.05, 4.69) is 53.8 Å².